The number of nitrogens with one attached hydrogen (secondary N) is 1. The zero-order chi connectivity index (χ0) is 12.5. The summed E-state index contributed by atoms with van der Waals surface area (Å²) in [4.78, 5) is 4.42. The molecule has 0 atom stereocenters. The zero-order valence-electron chi connectivity index (χ0n) is 9.21. The van der Waals surface area contributed by atoms with Crippen LogP contribution in [-0.4, -0.2) is 29.9 Å². The van der Waals surface area contributed by atoms with E-state index in [0.29, 0.717) is 11.6 Å². The van der Waals surface area contributed by atoms with Gasteiger partial charge in [-0.25, -0.2) is 13.4 Å². The van der Waals surface area contributed by atoms with Gasteiger partial charge in [-0.05, 0) is 24.3 Å². The maximum atomic E-state index is 11.3. The van der Waals surface area contributed by atoms with Crippen LogP contribution in [-0.2, 0) is 16.4 Å². The summed E-state index contributed by atoms with van der Waals surface area (Å²) < 4.78 is 22.6. The molecular weight excluding hydrogens is 240 g/mol. The molecule has 0 saturated carbocycles. The van der Waals surface area contributed by atoms with Gasteiger partial charge in [0.15, 0.2) is 15.7 Å². The first-order valence-corrected chi connectivity index (χ1v) is 6.81. The predicted molar refractivity (Wildman–Crippen MR) is 62.8 cm³/mol. The van der Waals surface area contributed by atoms with Gasteiger partial charge < -0.3 is 5.73 Å². The van der Waals surface area contributed by atoms with E-state index in [-0.39, 0.29) is 11.4 Å². The summed E-state index contributed by atoms with van der Waals surface area (Å²) in [6, 6.07) is 6.39. The average molecular weight is 252 g/mol. The molecule has 2 aromatic rings. The highest BCUT2D eigenvalue weighted by molar-refractivity contribution is 7.90. The van der Waals surface area contributed by atoms with Gasteiger partial charge in [0.25, 0.3) is 0 Å². The first-order valence-electron chi connectivity index (χ1n) is 4.92. The van der Waals surface area contributed by atoms with E-state index in [4.69, 9.17) is 5.73 Å². The van der Waals surface area contributed by atoms with Crippen LogP contribution in [0.5, 0.6) is 0 Å². The van der Waals surface area contributed by atoms with Gasteiger partial charge in [-0.1, -0.05) is 0 Å². The van der Waals surface area contributed by atoms with Crippen molar-refractivity contribution in [3.8, 4) is 11.4 Å². The van der Waals surface area contributed by atoms with E-state index < -0.39 is 9.84 Å². The summed E-state index contributed by atoms with van der Waals surface area (Å²) in [5, 5.41) is 6.68. The molecule has 0 amide bonds. The third kappa shape index (κ3) is 2.51. The molecule has 0 fully saturated rings. The van der Waals surface area contributed by atoms with Gasteiger partial charge in [-0.2, -0.15) is 5.10 Å². The number of aromatic amines is 1. The number of sulfone groups is 1. The van der Waals surface area contributed by atoms with E-state index in [1.165, 1.54) is 18.4 Å². The Bertz CT molecular complexity index is 616. The van der Waals surface area contributed by atoms with Crippen molar-refractivity contribution in [1.29, 1.82) is 0 Å². The molecule has 0 unspecified atom stereocenters. The molecule has 0 aliphatic carbocycles. The molecular formula is C10H12N4O2S. The van der Waals surface area contributed by atoms with E-state index in [0.717, 1.165) is 5.56 Å². The van der Waals surface area contributed by atoms with Crippen LogP contribution < -0.4 is 5.73 Å². The van der Waals surface area contributed by atoms with Crippen molar-refractivity contribution in [2.75, 3.05) is 6.26 Å². The van der Waals surface area contributed by atoms with Crippen molar-refractivity contribution >= 4 is 9.84 Å². The van der Waals surface area contributed by atoms with Gasteiger partial charge in [0.1, 0.15) is 5.82 Å². The van der Waals surface area contributed by atoms with E-state index in [1.807, 2.05) is 0 Å². The predicted octanol–water partition coefficient (Wildman–Crippen LogP) is 0.334. The Balaban J connectivity index is 2.35. The molecule has 1 aromatic carbocycles. The Morgan fingerprint density at radius 1 is 1.29 bits per heavy atom. The normalized spacial score (nSPS) is 11.6. The molecule has 90 valence electrons. The van der Waals surface area contributed by atoms with Gasteiger partial charge in [0.2, 0.25) is 0 Å². The number of nitrogens with two attached hydrogens (primary N) is 1. The van der Waals surface area contributed by atoms with Gasteiger partial charge in [0.05, 0.1) is 11.4 Å². The lowest BCUT2D eigenvalue weighted by atomic mass is 10.2. The number of hydrogen-bond acceptors (Lipinski definition) is 5. The Hall–Kier alpha value is -1.73. The van der Waals surface area contributed by atoms with E-state index in [9.17, 15) is 8.42 Å². The van der Waals surface area contributed by atoms with Crippen LogP contribution in [0.25, 0.3) is 11.4 Å². The molecule has 0 radical (unpaired) electrons. The van der Waals surface area contributed by atoms with Gasteiger partial charge >= 0.3 is 0 Å². The monoisotopic (exact) mass is 252 g/mol. The lowest BCUT2D eigenvalue weighted by molar-refractivity contribution is 0.602. The molecule has 3 N–H and O–H groups in total. The molecule has 6 nitrogen and oxygen atoms in total. The molecule has 17 heavy (non-hydrogen) atoms. The molecule has 0 bridgehead atoms. The molecule has 0 spiro atoms. The molecule has 0 aliphatic rings. The average Bonchev–Trinajstić information content (AvgIpc) is 2.76. The van der Waals surface area contributed by atoms with Crippen molar-refractivity contribution < 1.29 is 8.42 Å². The summed E-state index contributed by atoms with van der Waals surface area (Å²) in [5.41, 5.74) is 6.15. The first-order chi connectivity index (χ1) is 8.00. The van der Waals surface area contributed by atoms with Crippen LogP contribution in [0.15, 0.2) is 29.2 Å². The van der Waals surface area contributed by atoms with Gasteiger partial charge in [-0.15, -0.1) is 0 Å². The fraction of sp³-hybridized carbons (Fsp3) is 0.200. The van der Waals surface area contributed by atoms with E-state index in [1.54, 1.807) is 12.1 Å². The minimum atomic E-state index is -3.17. The van der Waals surface area contributed by atoms with Crippen molar-refractivity contribution in [1.82, 2.24) is 15.2 Å². The lowest BCUT2D eigenvalue weighted by Gasteiger charge is -1.99. The third-order valence-corrected chi connectivity index (χ3v) is 3.39. The zero-order valence-corrected chi connectivity index (χ0v) is 10.0. The van der Waals surface area contributed by atoms with Gasteiger partial charge in [0, 0.05) is 11.8 Å². The second-order valence-corrected chi connectivity index (χ2v) is 5.62. The first kappa shape index (κ1) is 11.7. The number of rotatable bonds is 3. The second kappa shape index (κ2) is 4.27. The summed E-state index contributed by atoms with van der Waals surface area (Å²) in [5.74, 6) is 1.10. The molecule has 0 aliphatic heterocycles. The van der Waals surface area contributed by atoms with Crippen molar-refractivity contribution in [3.63, 3.8) is 0 Å². The minimum absolute atomic E-state index is 0.274. The smallest absolute Gasteiger partial charge is 0.181 e. The summed E-state index contributed by atoms with van der Waals surface area (Å²) >= 11 is 0. The highest BCUT2D eigenvalue weighted by atomic mass is 32.2. The summed E-state index contributed by atoms with van der Waals surface area (Å²) in [7, 11) is -3.17. The molecule has 1 aromatic heterocycles. The molecule has 0 saturated heterocycles. The number of H-pyrrole nitrogens is 1. The maximum Gasteiger partial charge on any atom is 0.181 e. The van der Waals surface area contributed by atoms with Crippen LogP contribution in [0.3, 0.4) is 0 Å². The van der Waals surface area contributed by atoms with E-state index in [2.05, 4.69) is 15.2 Å². The second-order valence-electron chi connectivity index (χ2n) is 3.61. The molecule has 1 heterocycles. The van der Waals surface area contributed by atoms with Crippen LogP contribution >= 0.6 is 0 Å². The van der Waals surface area contributed by atoms with Gasteiger partial charge in [-0.3, -0.25) is 5.10 Å². The largest absolute Gasteiger partial charge is 0.324 e. The Labute approximate surface area is 98.8 Å². The Kier molecular flexibility index (Phi) is 2.95. The van der Waals surface area contributed by atoms with Crippen LogP contribution in [0.1, 0.15) is 5.82 Å². The summed E-state index contributed by atoms with van der Waals surface area (Å²) in [6.07, 6.45) is 1.17. The molecule has 2 rings (SSSR count). The number of hydrogen-bond donors (Lipinski definition) is 2. The Morgan fingerprint density at radius 2 is 1.94 bits per heavy atom. The van der Waals surface area contributed by atoms with Crippen molar-refractivity contribution in [3.05, 3.63) is 30.1 Å². The highest BCUT2D eigenvalue weighted by Crippen LogP contribution is 2.17. The van der Waals surface area contributed by atoms with Crippen LogP contribution in [0.4, 0.5) is 0 Å². The van der Waals surface area contributed by atoms with Crippen molar-refractivity contribution in [2.45, 2.75) is 11.4 Å². The standard InChI is InChI=1S/C10H12N4O2S/c1-17(15,16)8-4-2-7(3-5-8)10-12-9(6-11)13-14-10/h2-5H,6,11H2,1H3,(H,12,13,14). The molecule has 7 heteroatoms. The van der Waals surface area contributed by atoms with E-state index >= 15 is 0 Å². The fourth-order valence-electron chi connectivity index (χ4n) is 1.37. The third-order valence-electron chi connectivity index (χ3n) is 2.27. The highest BCUT2D eigenvalue weighted by Gasteiger charge is 2.09. The van der Waals surface area contributed by atoms with Crippen molar-refractivity contribution in [2.24, 2.45) is 5.73 Å². The summed E-state index contributed by atoms with van der Waals surface area (Å²) in [6.45, 7) is 0.286. The topological polar surface area (TPSA) is 102 Å². The number of nitrogens with zero attached hydrogens (tertiary/aromatic N) is 2. The SMILES string of the molecule is CS(=O)(=O)c1ccc(-c2n[nH]c(CN)n2)cc1. The maximum absolute atomic E-state index is 11.3. The number of aromatic nitrogens is 3. The number of benzene rings is 1. The fourth-order valence-corrected chi connectivity index (χ4v) is 2.00. The van der Waals surface area contributed by atoms with Crippen LogP contribution in [0, 0.1) is 0 Å². The Morgan fingerprint density at radius 3 is 2.41 bits per heavy atom. The lowest BCUT2D eigenvalue weighted by Crippen LogP contribution is -1.98. The van der Waals surface area contributed by atoms with Crippen LogP contribution in [0.2, 0.25) is 0 Å². The quantitative estimate of drug-likeness (QED) is 0.819. The minimum Gasteiger partial charge on any atom is -0.324 e.